The molecule has 0 aliphatic carbocycles. The largest absolute Gasteiger partial charge is 0.495 e. The Labute approximate surface area is 228 Å². The molecule has 0 saturated carbocycles. The highest BCUT2D eigenvalue weighted by Gasteiger charge is 2.41. The number of benzene rings is 3. The van der Waals surface area contributed by atoms with Crippen molar-refractivity contribution in [3.8, 4) is 5.75 Å². The quantitative estimate of drug-likeness (QED) is 0.430. The van der Waals surface area contributed by atoms with Crippen LogP contribution >= 0.6 is 0 Å². The summed E-state index contributed by atoms with van der Waals surface area (Å²) < 4.78 is 38.8. The molecule has 206 valence electrons. The van der Waals surface area contributed by atoms with E-state index in [2.05, 4.69) is 10.6 Å². The van der Waals surface area contributed by atoms with Gasteiger partial charge in [-0.25, -0.2) is 13.6 Å². The summed E-state index contributed by atoms with van der Waals surface area (Å²) in [6.45, 7) is -0.0971. The molecule has 1 atom stereocenters. The lowest BCUT2D eigenvalue weighted by Crippen LogP contribution is -2.52. The molecule has 11 heteroatoms. The highest BCUT2D eigenvalue weighted by Crippen LogP contribution is 2.36. The van der Waals surface area contributed by atoms with Crippen LogP contribution in [0, 0.1) is 11.6 Å². The second kappa shape index (κ2) is 11.1. The van der Waals surface area contributed by atoms with Gasteiger partial charge in [0.15, 0.2) is 0 Å². The standard InChI is InChI=1S/C29H25F2N3O6/c1-39-26-19(7-6-18-14-34(28(37)25(18)26)23-9-10-24(35)33-27(23)36)15-40-29(38)32-22-8-5-17(13-21(22)31)11-16-3-2-4-20(30)12-16/h2-8,12-13,23H,9-11,14-15H2,1H3,(H,32,38)(H,33,35,36). The van der Waals surface area contributed by atoms with Crippen molar-refractivity contribution in [1.82, 2.24) is 10.2 Å². The SMILES string of the molecule is COc1c(COC(=O)Nc2ccc(Cc3cccc(F)c3)cc2F)ccc2c1C(=O)N(C1CCC(=O)NC1=O)C2. The predicted octanol–water partition coefficient (Wildman–Crippen LogP) is 4.07. The second-order valence-electron chi connectivity index (χ2n) is 9.51. The molecule has 0 radical (unpaired) electrons. The van der Waals surface area contributed by atoms with E-state index in [-0.39, 0.29) is 54.7 Å². The highest BCUT2D eigenvalue weighted by atomic mass is 19.1. The number of carbonyl (C=O) groups is 4. The summed E-state index contributed by atoms with van der Waals surface area (Å²) in [5, 5.41) is 4.61. The van der Waals surface area contributed by atoms with Gasteiger partial charge in [0.2, 0.25) is 11.8 Å². The first-order valence-corrected chi connectivity index (χ1v) is 12.5. The molecule has 2 heterocycles. The molecule has 0 spiro atoms. The van der Waals surface area contributed by atoms with E-state index in [0.717, 1.165) is 0 Å². The number of carbonyl (C=O) groups excluding carboxylic acids is 4. The summed E-state index contributed by atoms with van der Waals surface area (Å²) in [5.74, 6) is -2.17. The van der Waals surface area contributed by atoms with Crippen molar-refractivity contribution in [3.63, 3.8) is 0 Å². The molecule has 5 rings (SSSR count). The van der Waals surface area contributed by atoms with Gasteiger partial charge in [-0.2, -0.15) is 0 Å². The molecule has 0 bridgehead atoms. The number of nitrogens with one attached hydrogen (secondary N) is 2. The highest BCUT2D eigenvalue weighted by molar-refractivity contribution is 6.06. The Balaban J connectivity index is 1.23. The molecule has 0 aromatic heterocycles. The summed E-state index contributed by atoms with van der Waals surface area (Å²) in [4.78, 5) is 50.9. The van der Waals surface area contributed by atoms with E-state index < -0.39 is 29.8 Å². The third-order valence-electron chi connectivity index (χ3n) is 6.86. The molecule has 1 unspecified atom stereocenters. The first kappa shape index (κ1) is 26.8. The fourth-order valence-electron chi connectivity index (χ4n) is 4.95. The monoisotopic (exact) mass is 549 g/mol. The maximum absolute atomic E-state index is 14.7. The zero-order valence-electron chi connectivity index (χ0n) is 21.5. The van der Waals surface area contributed by atoms with E-state index >= 15 is 0 Å². The van der Waals surface area contributed by atoms with Crippen molar-refractivity contribution in [2.24, 2.45) is 0 Å². The van der Waals surface area contributed by atoms with Gasteiger partial charge in [0.05, 0.1) is 18.4 Å². The minimum absolute atomic E-state index is 0.0935. The number of nitrogens with zero attached hydrogens (tertiary/aromatic N) is 1. The fraction of sp³-hybridized carbons (Fsp3) is 0.241. The van der Waals surface area contributed by atoms with Crippen molar-refractivity contribution >= 4 is 29.5 Å². The minimum Gasteiger partial charge on any atom is -0.495 e. The van der Waals surface area contributed by atoms with Crippen LogP contribution in [0.25, 0.3) is 0 Å². The van der Waals surface area contributed by atoms with Crippen molar-refractivity contribution in [3.05, 3.63) is 94.0 Å². The molecule has 2 aliphatic rings. The Kier molecular flexibility index (Phi) is 7.45. The molecule has 1 saturated heterocycles. The van der Waals surface area contributed by atoms with Crippen LogP contribution in [0.4, 0.5) is 19.3 Å². The van der Waals surface area contributed by atoms with Crippen molar-refractivity contribution in [2.75, 3.05) is 12.4 Å². The normalized spacial score (nSPS) is 16.4. The number of hydrogen-bond donors (Lipinski definition) is 2. The molecule has 1 fully saturated rings. The van der Waals surface area contributed by atoms with Gasteiger partial charge in [-0.1, -0.05) is 30.3 Å². The number of amides is 4. The Bertz CT molecular complexity index is 1530. The molecule has 3 aromatic carbocycles. The number of ether oxygens (including phenoxy) is 2. The molecule has 9 nitrogen and oxygen atoms in total. The van der Waals surface area contributed by atoms with Gasteiger partial charge in [-0.05, 0) is 53.8 Å². The molecular weight excluding hydrogens is 524 g/mol. The maximum atomic E-state index is 14.7. The van der Waals surface area contributed by atoms with Gasteiger partial charge in [-0.15, -0.1) is 0 Å². The Morgan fingerprint density at radius 2 is 1.88 bits per heavy atom. The summed E-state index contributed by atoms with van der Waals surface area (Å²) in [6, 6.07) is 12.8. The lowest BCUT2D eigenvalue weighted by atomic mass is 10.0. The summed E-state index contributed by atoms with van der Waals surface area (Å²) in [7, 11) is 1.38. The fourth-order valence-corrected chi connectivity index (χ4v) is 4.95. The number of rotatable bonds is 7. The molecule has 2 aliphatic heterocycles. The van der Waals surface area contributed by atoms with Gasteiger partial charge in [0.25, 0.3) is 5.91 Å². The second-order valence-corrected chi connectivity index (χ2v) is 9.51. The van der Waals surface area contributed by atoms with E-state index in [4.69, 9.17) is 9.47 Å². The van der Waals surface area contributed by atoms with Crippen LogP contribution < -0.4 is 15.4 Å². The lowest BCUT2D eigenvalue weighted by Gasteiger charge is -2.29. The number of methoxy groups -OCH3 is 1. The van der Waals surface area contributed by atoms with Gasteiger partial charge in [0, 0.05) is 18.5 Å². The van der Waals surface area contributed by atoms with Gasteiger partial charge in [-0.3, -0.25) is 25.0 Å². The van der Waals surface area contributed by atoms with Crippen LogP contribution in [-0.4, -0.2) is 41.9 Å². The third kappa shape index (κ3) is 5.49. The molecule has 4 amide bonds. The molecular formula is C29H25F2N3O6. The summed E-state index contributed by atoms with van der Waals surface area (Å²) in [5.41, 5.74) is 2.49. The van der Waals surface area contributed by atoms with Crippen LogP contribution in [0.1, 0.15) is 45.5 Å². The Hall–Kier alpha value is -4.80. The van der Waals surface area contributed by atoms with E-state index in [0.29, 0.717) is 28.7 Å². The van der Waals surface area contributed by atoms with Crippen LogP contribution in [0.2, 0.25) is 0 Å². The van der Waals surface area contributed by atoms with Crippen LogP contribution in [-0.2, 0) is 33.9 Å². The number of hydrogen-bond acceptors (Lipinski definition) is 6. The third-order valence-corrected chi connectivity index (χ3v) is 6.86. The topological polar surface area (TPSA) is 114 Å². The average molecular weight is 550 g/mol. The molecule has 2 N–H and O–H groups in total. The zero-order chi connectivity index (χ0) is 28.4. The predicted molar refractivity (Wildman–Crippen MR) is 138 cm³/mol. The van der Waals surface area contributed by atoms with Gasteiger partial charge >= 0.3 is 6.09 Å². The first-order chi connectivity index (χ1) is 19.2. The smallest absolute Gasteiger partial charge is 0.412 e. The zero-order valence-corrected chi connectivity index (χ0v) is 21.5. The lowest BCUT2D eigenvalue weighted by molar-refractivity contribution is -0.136. The Morgan fingerprint density at radius 1 is 1.07 bits per heavy atom. The van der Waals surface area contributed by atoms with E-state index in [1.54, 1.807) is 30.3 Å². The Morgan fingerprint density at radius 3 is 2.60 bits per heavy atom. The van der Waals surface area contributed by atoms with E-state index in [1.807, 2.05) is 0 Å². The number of fused-ring (bicyclic) bond motifs is 1. The van der Waals surface area contributed by atoms with E-state index in [9.17, 15) is 28.0 Å². The number of halogens is 2. The average Bonchev–Trinajstić information content (AvgIpc) is 3.25. The minimum atomic E-state index is -0.921. The van der Waals surface area contributed by atoms with E-state index in [1.165, 1.54) is 36.3 Å². The van der Waals surface area contributed by atoms with Crippen LogP contribution in [0.3, 0.4) is 0 Å². The molecule has 3 aromatic rings. The number of piperidine rings is 1. The first-order valence-electron chi connectivity index (χ1n) is 12.5. The van der Waals surface area contributed by atoms with Crippen molar-refractivity contribution < 1.29 is 37.4 Å². The van der Waals surface area contributed by atoms with Crippen molar-refractivity contribution in [1.29, 1.82) is 0 Å². The molecule has 40 heavy (non-hydrogen) atoms. The van der Waals surface area contributed by atoms with Crippen LogP contribution in [0.15, 0.2) is 54.6 Å². The number of anilines is 1. The summed E-state index contributed by atoms with van der Waals surface area (Å²) in [6.07, 6.45) is -0.239. The van der Waals surface area contributed by atoms with Gasteiger partial charge < -0.3 is 14.4 Å². The summed E-state index contributed by atoms with van der Waals surface area (Å²) >= 11 is 0. The van der Waals surface area contributed by atoms with Crippen molar-refractivity contribution in [2.45, 2.75) is 38.5 Å². The van der Waals surface area contributed by atoms with Crippen LogP contribution in [0.5, 0.6) is 5.75 Å². The maximum Gasteiger partial charge on any atom is 0.412 e. The van der Waals surface area contributed by atoms with Gasteiger partial charge in [0.1, 0.15) is 30.0 Å². The number of imide groups is 1.